The minimum absolute atomic E-state index is 0.0543. The van der Waals surface area contributed by atoms with Crippen molar-refractivity contribution in [2.75, 3.05) is 6.54 Å². The van der Waals surface area contributed by atoms with E-state index in [4.69, 9.17) is 5.21 Å². The van der Waals surface area contributed by atoms with Crippen molar-refractivity contribution in [1.29, 1.82) is 0 Å². The van der Waals surface area contributed by atoms with Crippen molar-refractivity contribution >= 4 is 11.8 Å². The second-order valence-corrected chi connectivity index (χ2v) is 12.8. The van der Waals surface area contributed by atoms with Crippen LogP contribution in [0.3, 0.4) is 0 Å². The Balaban J connectivity index is 1.33. The fourth-order valence-electron chi connectivity index (χ4n) is 9.41. The Morgan fingerprint density at radius 1 is 0.971 bits per heavy atom. The molecule has 4 fully saturated rings. The SMILES string of the molecule is C[C@H](CCC(=O)NCCCC(=O)NO)C1CCC2C3C(O)CC4CCCCC4(C)C3CCC21C. The van der Waals surface area contributed by atoms with Crippen LogP contribution in [-0.4, -0.2) is 34.8 Å². The topological polar surface area (TPSA) is 98.7 Å². The van der Waals surface area contributed by atoms with E-state index in [0.717, 1.165) is 18.8 Å². The first-order valence-corrected chi connectivity index (χ1v) is 14.1. The van der Waals surface area contributed by atoms with Crippen LogP contribution in [-0.2, 0) is 9.59 Å². The van der Waals surface area contributed by atoms with Gasteiger partial charge in [0.1, 0.15) is 0 Å². The summed E-state index contributed by atoms with van der Waals surface area (Å²) in [5, 5.41) is 22.8. The number of aliphatic hydroxyl groups excluding tert-OH is 1. The number of hydrogen-bond acceptors (Lipinski definition) is 4. The van der Waals surface area contributed by atoms with Crippen molar-refractivity contribution in [3.63, 3.8) is 0 Å². The highest BCUT2D eigenvalue weighted by atomic mass is 16.5. The van der Waals surface area contributed by atoms with Gasteiger partial charge in [0.25, 0.3) is 0 Å². The van der Waals surface area contributed by atoms with E-state index in [1.54, 1.807) is 5.48 Å². The van der Waals surface area contributed by atoms with Crippen LogP contribution in [0, 0.1) is 46.3 Å². The van der Waals surface area contributed by atoms with E-state index < -0.39 is 5.91 Å². The fourth-order valence-corrected chi connectivity index (χ4v) is 9.41. The van der Waals surface area contributed by atoms with Gasteiger partial charge in [0, 0.05) is 19.4 Å². The van der Waals surface area contributed by atoms with Crippen molar-refractivity contribution in [3.8, 4) is 0 Å². The summed E-state index contributed by atoms with van der Waals surface area (Å²) < 4.78 is 0. The number of hydroxylamine groups is 1. The third-order valence-corrected chi connectivity index (χ3v) is 11.2. The average Bonchev–Trinajstić information content (AvgIpc) is 3.17. The molecule has 0 radical (unpaired) electrons. The lowest BCUT2D eigenvalue weighted by Gasteiger charge is -2.62. The molecular formula is C28H48N2O4. The molecule has 34 heavy (non-hydrogen) atoms. The number of fused-ring (bicyclic) bond motifs is 5. The molecule has 4 aliphatic carbocycles. The van der Waals surface area contributed by atoms with E-state index >= 15 is 0 Å². The molecular weight excluding hydrogens is 428 g/mol. The molecule has 0 bridgehead atoms. The summed E-state index contributed by atoms with van der Waals surface area (Å²) in [6.07, 6.45) is 13.5. The van der Waals surface area contributed by atoms with Crippen LogP contribution in [0.25, 0.3) is 0 Å². The molecule has 4 N–H and O–H groups in total. The lowest BCUT2D eigenvalue weighted by Crippen LogP contribution is -2.57. The van der Waals surface area contributed by atoms with Crippen molar-refractivity contribution in [3.05, 3.63) is 0 Å². The van der Waals surface area contributed by atoms with E-state index in [9.17, 15) is 14.7 Å². The Labute approximate surface area is 206 Å². The Bertz CT molecular complexity index is 744. The monoisotopic (exact) mass is 476 g/mol. The van der Waals surface area contributed by atoms with Gasteiger partial charge in [-0.15, -0.1) is 0 Å². The third-order valence-electron chi connectivity index (χ3n) is 11.2. The quantitative estimate of drug-likeness (QED) is 0.229. The molecule has 194 valence electrons. The zero-order chi connectivity index (χ0) is 24.5. The highest BCUT2D eigenvalue weighted by molar-refractivity contribution is 5.76. The lowest BCUT2D eigenvalue weighted by atomic mass is 9.44. The Morgan fingerprint density at radius 3 is 2.50 bits per heavy atom. The molecule has 0 aromatic heterocycles. The zero-order valence-corrected chi connectivity index (χ0v) is 21.7. The van der Waals surface area contributed by atoms with Gasteiger partial charge in [-0.25, -0.2) is 5.48 Å². The molecule has 4 rings (SSSR count). The molecule has 6 heteroatoms. The van der Waals surface area contributed by atoms with Gasteiger partial charge in [0.2, 0.25) is 11.8 Å². The van der Waals surface area contributed by atoms with Crippen LogP contribution < -0.4 is 10.8 Å². The first kappa shape index (κ1) is 25.9. The molecule has 4 saturated carbocycles. The minimum Gasteiger partial charge on any atom is -0.393 e. The molecule has 0 aromatic carbocycles. The van der Waals surface area contributed by atoms with Crippen LogP contribution in [0.5, 0.6) is 0 Å². The molecule has 9 atom stereocenters. The highest BCUT2D eigenvalue weighted by Gasteiger charge is 2.62. The minimum atomic E-state index is -0.419. The normalized spacial score (nSPS) is 42.1. The number of carbonyl (C=O) groups is 2. The van der Waals surface area contributed by atoms with Gasteiger partial charge in [0.05, 0.1) is 6.10 Å². The van der Waals surface area contributed by atoms with Crippen molar-refractivity contribution in [2.45, 2.75) is 110 Å². The Morgan fingerprint density at radius 2 is 1.74 bits per heavy atom. The van der Waals surface area contributed by atoms with Gasteiger partial charge in [-0.2, -0.15) is 0 Å². The molecule has 4 aliphatic rings. The third kappa shape index (κ3) is 4.78. The number of hydrogen-bond donors (Lipinski definition) is 4. The van der Waals surface area contributed by atoms with Crippen molar-refractivity contribution < 1.29 is 19.9 Å². The smallest absolute Gasteiger partial charge is 0.243 e. The van der Waals surface area contributed by atoms with Crippen LogP contribution >= 0.6 is 0 Å². The van der Waals surface area contributed by atoms with E-state index in [-0.39, 0.29) is 23.8 Å². The van der Waals surface area contributed by atoms with Crippen molar-refractivity contribution in [2.24, 2.45) is 46.3 Å². The van der Waals surface area contributed by atoms with Gasteiger partial charge in [-0.1, -0.05) is 33.6 Å². The standard InChI is InChI=1S/C28H48N2O4/c1-18(9-12-24(32)29-16-6-8-25(33)30-34)20-10-11-21-26-22(13-15-28(20,21)3)27(2)14-5-4-7-19(27)17-23(26)31/h18-23,26,31,34H,4-17H2,1-3H3,(H,29,32)(H,30,33)/t18-,19?,20?,21?,22?,23?,26?,27?,28?/m1/s1. The van der Waals surface area contributed by atoms with Crippen LogP contribution in [0.15, 0.2) is 0 Å². The number of aliphatic hydroxyl groups is 1. The van der Waals surface area contributed by atoms with Crippen LogP contribution in [0.4, 0.5) is 0 Å². The zero-order valence-electron chi connectivity index (χ0n) is 21.7. The van der Waals surface area contributed by atoms with E-state index in [2.05, 4.69) is 26.1 Å². The first-order chi connectivity index (χ1) is 16.2. The van der Waals surface area contributed by atoms with Gasteiger partial charge >= 0.3 is 0 Å². The maximum Gasteiger partial charge on any atom is 0.243 e. The van der Waals surface area contributed by atoms with E-state index in [0.29, 0.717) is 54.4 Å². The molecule has 0 heterocycles. The summed E-state index contributed by atoms with van der Waals surface area (Å²) in [7, 11) is 0. The summed E-state index contributed by atoms with van der Waals surface area (Å²) in [5.74, 6) is 3.26. The highest BCUT2D eigenvalue weighted by Crippen LogP contribution is 2.68. The summed E-state index contributed by atoms with van der Waals surface area (Å²) >= 11 is 0. The molecule has 6 nitrogen and oxygen atoms in total. The maximum atomic E-state index is 12.3. The average molecular weight is 477 g/mol. The van der Waals surface area contributed by atoms with Gasteiger partial charge in [-0.3, -0.25) is 14.8 Å². The maximum absolute atomic E-state index is 12.3. The summed E-state index contributed by atoms with van der Waals surface area (Å²) in [6, 6.07) is 0. The second-order valence-electron chi connectivity index (χ2n) is 12.8. The molecule has 0 spiro atoms. The first-order valence-electron chi connectivity index (χ1n) is 14.1. The summed E-state index contributed by atoms with van der Waals surface area (Å²) in [4.78, 5) is 23.4. The van der Waals surface area contributed by atoms with E-state index in [1.807, 2.05) is 0 Å². The number of amides is 2. The Hall–Kier alpha value is -1.14. The van der Waals surface area contributed by atoms with E-state index in [1.165, 1.54) is 51.4 Å². The van der Waals surface area contributed by atoms with Gasteiger partial charge in [-0.05, 0) is 104 Å². The van der Waals surface area contributed by atoms with Crippen LogP contribution in [0.2, 0.25) is 0 Å². The molecule has 0 aliphatic heterocycles. The number of rotatable bonds is 8. The molecule has 2 amide bonds. The largest absolute Gasteiger partial charge is 0.393 e. The second kappa shape index (κ2) is 10.5. The Kier molecular flexibility index (Phi) is 7.98. The number of nitrogens with one attached hydrogen (secondary N) is 2. The summed E-state index contributed by atoms with van der Waals surface area (Å²) in [6.45, 7) is 7.87. The summed E-state index contributed by atoms with van der Waals surface area (Å²) in [5.41, 5.74) is 2.34. The van der Waals surface area contributed by atoms with Gasteiger partial charge in [0.15, 0.2) is 0 Å². The predicted octanol–water partition coefficient (Wildman–Crippen LogP) is 4.82. The molecule has 0 aromatic rings. The number of carbonyl (C=O) groups excluding carboxylic acids is 2. The molecule has 8 unspecified atom stereocenters. The van der Waals surface area contributed by atoms with Crippen LogP contribution in [0.1, 0.15) is 104 Å². The fraction of sp³-hybridized carbons (Fsp3) is 0.929. The predicted molar refractivity (Wildman–Crippen MR) is 132 cm³/mol. The molecule has 0 saturated heterocycles. The van der Waals surface area contributed by atoms with Gasteiger partial charge < -0.3 is 10.4 Å². The van der Waals surface area contributed by atoms with Crippen molar-refractivity contribution in [1.82, 2.24) is 10.8 Å². The lowest BCUT2D eigenvalue weighted by molar-refractivity contribution is -0.164.